The summed E-state index contributed by atoms with van der Waals surface area (Å²) in [6.45, 7) is 4.41. The minimum absolute atomic E-state index is 0.0150. The summed E-state index contributed by atoms with van der Waals surface area (Å²) >= 11 is 0. The molecule has 0 saturated heterocycles. The number of nitrogens with one attached hydrogen (secondary N) is 1. The highest BCUT2D eigenvalue weighted by molar-refractivity contribution is 5.84. The van der Waals surface area contributed by atoms with Gasteiger partial charge in [0.2, 0.25) is 0 Å². The van der Waals surface area contributed by atoms with E-state index in [2.05, 4.69) is 10.1 Å². The number of carbonyl (C=O) groups is 1. The third-order valence-electron chi connectivity index (χ3n) is 4.04. The summed E-state index contributed by atoms with van der Waals surface area (Å²) in [6.07, 6.45) is 2.99. The first kappa shape index (κ1) is 14.5. The fraction of sp³-hybridized carbons (Fsp3) is 0.294. The second-order valence-electron chi connectivity index (χ2n) is 5.57. The minimum Gasteiger partial charge on any atom is -0.361 e. The molecule has 0 fully saturated rings. The number of aryl methyl sites for hydroxylation is 1. The van der Waals surface area contributed by atoms with Crippen LogP contribution < -0.4 is 5.73 Å². The normalized spacial score (nSPS) is 11.2. The molecule has 3 aromatic rings. The summed E-state index contributed by atoms with van der Waals surface area (Å²) in [7, 11) is 0. The summed E-state index contributed by atoms with van der Waals surface area (Å²) < 4.78 is 1.52. The lowest BCUT2D eigenvalue weighted by molar-refractivity contribution is 0.0895. The number of carbonyl (C=O) groups excluding carboxylic acids is 1. The average molecular weight is 296 g/mol. The fourth-order valence-electron chi connectivity index (χ4n) is 2.89. The van der Waals surface area contributed by atoms with Crippen LogP contribution in [0.5, 0.6) is 0 Å². The maximum atomic E-state index is 12.5. The lowest BCUT2D eigenvalue weighted by Gasteiger charge is -2.05. The van der Waals surface area contributed by atoms with Crippen molar-refractivity contribution in [2.75, 3.05) is 6.54 Å². The molecule has 3 N–H and O–H groups in total. The fourth-order valence-corrected chi connectivity index (χ4v) is 2.89. The summed E-state index contributed by atoms with van der Waals surface area (Å²) in [5.41, 5.74) is 10.6. The van der Waals surface area contributed by atoms with Crippen LogP contribution in [-0.2, 0) is 12.8 Å². The van der Waals surface area contributed by atoms with Crippen molar-refractivity contribution in [1.29, 1.82) is 0 Å². The lowest BCUT2D eigenvalue weighted by atomic mass is 10.1. The van der Waals surface area contributed by atoms with E-state index in [0.717, 1.165) is 39.8 Å². The van der Waals surface area contributed by atoms with Crippen LogP contribution in [0.4, 0.5) is 0 Å². The van der Waals surface area contributed by atoms with Crippen LogP contribution in [0, 0.1) is 13.8 Å². The van der Waals surface area contributed by atoms with Gasteiger partial charge in [-0.15, -0.1) is 0 Å². The smallest absolute Gasteiger partial charge is 0.251 e. The topological polar surface area (TPSA) is 76.7 Å². The van der Waals surface area contributed by atoms with Crippen molar-refractivity contribution in [3.8, 4) is 0 Å². The maximum Gasteiger partial charge on any atom is 0.251 e. The van der Waals surface area contributed by atoms with Crippen LogP contribution in [0.25, 0.3) is 10.9 Å². The molecule has 0 radical (unpaired) electrons. The van der Waals surface area contributed by atoms with E-state index in [0.29, 0.717) is 13.0 Å². The molecule has 0 atom stereocenters. The van der Waals surface area contributed by atoms with Gasteiger partial charge >= 0.3 is 0 Å². The van der Waals surface area contributed by atoms with E-state index in [9.17, 15) is 4.79 Å². The Hall–Kier alpha value is -2.40. The average Bonchev–Trinajstić information content (AvgIpc) is 3.06. The Kier molecular flexibility index (Phi) is 3.81. The number of rotatable bonds is 4. The van der Waals surface area contributed by atoms with E-state index in [4.69, 9.17) is 5.73 Å². The molecular formula is C17H20N4O. The van der Waals surface area contributed by atoms with Crippen LogP contribution in [0.2, 0.25) is 0 Å². The molecule has 5 nitrogen and oxygen atoms in total. The Bertz CT molecular complexity index is 828. The van der Waals surface area contributed by atoms with E-state index >= 15 is 0 Å². The molecule has 3 rings (SSSR count). The molecule has 1 aromatic carbocycles. The van der Waals surface area contributed by atoms with Crippen molar-refractivity contribution < 1.29 is 4.79 Å². The maximum absolute atomic E-state index is 12.5. The van der Waals surface area contributed by atoms with Gasteiger partial charge < -0.3 is 10.7 Å². The van der Waals surface area contributed by atoms with Gasteiger partial charge in [0.15, 0.2) is 0 Å². The van der Waals surface area contributed by atoms with Gasteiger partial charge in [0.25, 0.3) is 5.91 Å². The summed E-state index contributed by atoms with van der Waals surface area (Å²) in [5, 5.41) is 5.50. The number of hydrogen-bond donors (Lipinski definition) is 2. The van der Waals surface area contributed by atoms with Crippen molar-refractivity contribution in [3.05, 3.63) is 53.0 Å². The Morgan fingerprint density at radius 3 is 2.91 bits per heavy atom. The lowest BCUT2D eigenvalue weighted by Crippen LogP contribution is -2.17. The number of aromatic amines is 1. The number of H-pyrrole nitrogens is 1. The van der Waals surface area contributed by atoms with Crippen LogP contribution >= 0.6 is 0 Å². The van der Waals surface area contributed by atoms with Gasteiger partial charge in [-0.2, -0.15) is 5.10 Å². The molecule has 0 spiro atoms. The molecule has 0 bridgehead atoms. The summed E-state index contributed by atoms with van der Waals surface area (Å²) in [5.74, 6) is -0.0150. The molecule has 2 aromatic heterocycles. The zero-order valence-electron chi connectivity index (χ0n) is 12.9. The van der Waals surface area contributed by atoms with Crippen LogP contribution in [-0.4, -0.2) is 27.2 Å². The number of nitrogens with zero attached hydrogens (tertiary/aromatic N) is 2. The first-order valence-corrected chi connectivity index (χ1v) is 7.44. The van der Waals surface area contributed by atoms with Crippen molar-refractivity contribution in [3.63, 3.8) is 0 Å². The molecular weight excluding hydrogens is 276 g/mol. The predicted octanol–water partition coefficient (Wildman–Crippen LogP) is 2.37. The molecule has 22 heavy (non-hydrogen) atoms. The molecule has 2 heterocycles. The van der Waals surface area contributed by atoms with Crippen LogP contribution in [0.1, 0.15) is 27.3 Å². The standard InChI is InChI=1S/C17H20N4O/c1-11-15(5-7-18)12(2)21(20-11)17(22)10-13-3-4-16-14(9-13)6-8-19-16/h3-4,6,8-9,19H,5,7,10,18H2,1-2H3. The number of hydrogen-bond acceptors (Lipinski definition) is 3. The molecule has 0 aliphatic rings. The van der Waals surface area contributed by atoms with Gasteiger partial charge in [-0.05, 0) is 61.5 Å². The largest absolute Gasteiger partial charge is 0.361 e. The Balaban J connectivity index is 1.86. The Labute approximate surface area is 129 Å². The van der Waals surface area contributed by atoms with Gasteiger partial charge in [-0.25, -0.2) is 4.68 Å². The quantitative estimate of drug-likeness (QED) is 0.776. The predicted molar refractivity (Wildman–Crippen MR) is 87.1 cm³/mol. The zero-order chi connectivity index (χ0) is 15.7. The second kappa shape index (κ2) is 5.77. The first-order valence-electron chi connectivity index (χ1n) is 7.44. The monoisotopic (exact) mass is 296 g/mol. The van der Waals surface area contributed by atoms with Crippen molar-refractivity contribution in [2.45, 2.75) is 26.7 Å². The van der Waals surface area contributed by atoms with E-state index in [-0.39, 0.29) is 5.91 Å². The van der Waals surface area contributed by atoms with Crippen LogP contribution in [0.15, 0.2) is 30.5 Å². The summed E-state index contributed by atoms with van der Waals surface area (Å²) in [6, 6.07) is 8.02. The van der Waals surface area contributed by atoms with Crippen LogP contribution in [0.3, 0.4) is 0 Å². The first-order chi connectivity index (χ1) is 10.6. The highest BCUT2D eigenvalue weighted by Gasteiger charge is 2.16. The minimum atomic E-state index is -0.0150. The molecule has 0 unspecified atom stereocenters. The van der Waals surface area contributed by atoms with E-state index in [1.165, 1.54) is 4.68 Å². The van der Waals surface area contributed by atoms with E-state index in [1.807, 2.05) is 44.3 Å². The SMILES string of the molecule is Cc1nn(C(=O)Cc2ccc3[nH]ccc3c2)c(C)c1CCN. The van der Waals surface area contributed by atoms with E-state index < -0.39 is 0 Å². The molecule has 0 saturated carbocycles. The van der Waals surface area contributed by atoms with Gasteiger partial charge in [-0.3, -0.25) is 4.79 Å². The number of aromatic nitrogens is 3. The highest BCUT2D eigenvalue weighted by Crippen LogP contribution is 2.17. The van der Waals surface area contributed by atoms with Gasteiger partial charge in [0, 0.05) is 17.4 Å². The molecule has 114 valence electrons. The van der Waals surface area contributed by atoms with Crippen molar-refractivity contribution in [1.82, 2.24) is 14.8 Å². The number of fused-ring (bicyclic) bond motifs is 1. The number of nitrogens with two attached hydrogens (primary N) is 1. The van der Waals surface area contributed by atoms with Crippen molar-refractivity contribution >= 4 is 16.8 Å². The highest BCUT2D eigenvalue weighted by atomic mass is 16.2. The summed E-state index contributed by atoms with van der Waals surface area (Å²) in [4.78, 5) is 15.7. The Morgan fingerprint density at radius 2 is 2.14 bits per heavy atom. The molecule has 0 aliphatic carbocycles. The third kappa shape index (κ3) is 2.55. The van der Waals surface area contributed by atoms with E-state index in [1.54, 1.807) is 0 Å². The Morgan fingerprint density at radius 1 is 1.32 bits per heavy atom. The van der Waals surface area contributed by atoms with Gasteiger partial charge in [-0.1, -0.05) is 6.07 Å². The van der Waals surface area contributed by atoms with Gasteiger partial charge in [0.05, 0.1) is 12.1 Å². The third-order valence-corrected chi connectivity index (χ3v) is 4.04. The second-order valence-corrected chi connectivity index (χ2v) is 5.57. The molecule has 5 heteroatoms. The number of benzene rings is 1. The molecule has 0 amide bonds. The van der Waals surface area contributed by atoms with Gasteiger partial charge in [0.1, 0.15) is 0 Å². The van der Waals surface area contributed by atoms with Crippen molar-refractivity contribution in [2.24, 2.45) is 5.73 Å². The molecule has 0 aliphatic heterocycles. The zero-order valence-corrected chi connectivity index (χ0v) is 12.9.